The molecule has 6 nitrogen and oxygen atoms in total. The van der Waals surface area contributed by atoms with Crippen molar-refractivity contribution < 1.29 is 4.79 Å². The SMILES string of the molecule is CCCC(CCN)CNc1ccc(C(=O)N(C)C)nn1. The van der Waals surface area contributed by atoms with Crippen LogP contribution < -0.4 is 11.1 Å². The molecule has 0 fully saturated rings. The van der Waals surface area contributed by atoms with Gasteiger partial charge in [-0.1, -0.05) is 13.3 Å². The molecule has 0 aromatic carbocycles. The fourth-order valence-corrected chi connectivity index (χ4v) is 2.01. The Labute approximate surface area is 120 Å². The summed E-state index contributed by atoms with van der Waals surface area (Å²) in [4.78, 5) is 13.2. The number of nitrogens with zero attached hydrogens (tertiary/aromatic N) is 3. The number of rotatable bonds is 8. The first-order valence-electron chi connectivity index (χ1n) is 7.07. The number of anilines is 1. The highest BCUT2D eigenvalue weighted by molar-refractivity contribution is 5.91. The van der Waals surface area contributed by atoms with Crippen LogP contribution in [0.2, 0.25) is 0 Å². The largest absolute Gasteiger partial charge is 0.368 e. The smallest absolute Gasteiger partial charge is 0.273 e. The summed E-state index contributed by atoms with van der Waals surface area (Å²) in [5.74, 6) is 1.10. The first kappa shape index (κ1) is 16.4. The first-order valence-corrected chi connectivity index (χ1v) is 7.07. The summed E-state index contributed by atoms with van der Waals surface area (Å²) >= 11 is 0. The number of hydrogen-bond acceptors (Lipinski definition) is 5. The van der Waals surface area contributed by atoms with E-state index in [0.717, 1.165) is 25.8 Å². The Kier molecular flexibility index (Phi) is 6.93. The molecule has 20 heavy (non-hydrogen) atoms. The number of carbonyl (C=O) groups is 1. The molecule has 1 heterocycles. The van der Waals surface area contributed by atoms with E-state index in [1.165, 1.54) is 4.90 Å². The Balaban J connectivity index is 2.54. The lowest BCUT2D eigenvalue weighted by molar-refractivity contribution is 0.0821. The molecule has 6 heteroatoms. The predicted octanol–water partition coefficient (Wildman–Crippen LogP) is 1.36. The normalized spacial score (nSPS) is 12.0. The van der Waals surface area contributed by atoms with Crippen LogP contribution in [-0.2, 0) is 0 Å². The quantitative estimate of drug-likeness (QED) is 0.750. The molecule has 0 radical (unpaired) electrons. The van der Waals surface area contributed by atoms with Gasteiger partial charge in [0, 0.05) is 20.6 Å². The molecule has 0 spiro atoms. The second-order valence-electron chi connectivity index (χ2n) is 5.12. The van der Waals surface area contributed by atoms with E-state index < -0.39 is 0 Å². The van der Waals surface area contributed by atoms with Crippen LogP contribution in [0.4, 0.5) is 5.82 Å². The number of hydrogen-bond donors (Lipinski definition) is 2. The molecule has 0 aliphatic heterocycles. The van der Waals surface area contributed by atoms with E-state index in [1.807, 2.05) is 0 Å². The standard InChI is InChI=1S/C14H25N5O/c1-4-5-11(8-9-15)10-16-13-7-6-12(17-18-13)14(20)19(2)3/h6-7,11H,4-5,8-10,15H2,1-3H3,(H,16,18). The van der Waals surface area contributed by atoms with Gasteiger partial charge in [-0.05, 0) is 37.4 Å². The minimum absolute atomic E-state index is 0.143. The van der Waals surface area contributed by atoms with Gasteiger partial charge in [0.05, 0.1) is 0 Å². The summed E-state index contributed by atoms with van der Waals surface area (Å²) in [5.41, 5.74) is 5.97. The average molecular weight is 279 g/mol. The van der Waals surface area contributed by atoms with E-state index in [1.54, 1.807) is 26.2 Å². The van der Waals surface area contributed by atoms with E-state index in [2.05, 4.69) is 22.4 Å². The van der Waals surface area contributed by atoms with Gasteiger partial charge in [-0.15, -0.1) is 10.2 Å². The number of nitrogens with two attached hydrogens (primary N) is 1. The lowest BCUT2D eigenvalue weighted by Crippen LogP contribution is -2.23. The van der Waals surface area contributed by atoms with Crippen molar-refractivity contribution in [2.75, 3.05) is 32.5 Å². The van der Waals surface area contributed by atoms with Gasteiger partial charge in [0.2, 0.25) is 0 Å². The minimum Gasteiger partial charge on any atom is -0.368 e. The third-order valence-electron chi connectivity index (χ3n) is 3.13. The Morgan fingerprint density at radius 1 is 1.35 bits per heavy atom. The Hall–Kier alpha value is -1.69. The van der Waals surface area contributed by atoms with Gasteiger partial charge < -0.3 is 16.0 Å². The van der Waals surface area contributed by atoms with E-state index in [-0.39, 0.29) is 5.91 Å². The zero-order chi connectivity index (χ0) is 15.0. The van der Waals surface area contributed by atoms with Crippen molar-refractivity contribution in [3.05, 3.63) is 17.8 Å². The van der Waals surface area contributed by atoms with Crippen LogP contribution in [0.1, 0.15) is 36.7 Å². The highest BCUT2D eigenvalue weighted by Gasteiger charge is 2.11. The number of amides is 1. The van der Waals surface area contributed by atoms with Crippen LogP contribution in [0, 0.1) is 5.92 Å². The zero-order valence-electron chi connectivity index (χ0n) is 12.6. The third-order valence-corrected chi connectivity index (χ3v) is 3.13. The van der Waals surface area contributed by atoms with Crippen molar-refractivity contribution in [3.63, 3.8) is 0 Å². The molecule has 112 valence electrons. The van der Waals surface area contributed by atoms with Crippen LogP contribution >= 0.6 is 0 Å². The van der Waals surface area contributed by atoms with Crippen molar-refractivity contribution in [3.8, 4) is 0 Å². The minimum atomic E-state index is -0.143. The molecule has 1 aromatic rings. The second kappa shape index (κ2) is 8.47. The molecule has 0 aliphatic rings. The topological polar surface area (TPSA) is 84.1 Å². The summed E-state index contributed by atoms with van der Waals surface area (Å²) in [7, 11) is 3.39. The molecule has 1 rings (SSSR count). The highest BCUT2D eigenvalue weighted by Crippen LogP contribution is 2.12. The molecule has 1 amide bonds. The number of aromatic nitrogens is 2. The molecule has 0 aliphatic carbocycles. The molecule has 0 bridgehead atoms. The number of carbonyl (C=O) groups excluding carboxylic acids is 1. The fraction of sp³-hybridized carbons (Fsp3) is 0.643. The van der Waals surface area contributed by atoms with Gasteiger partial charge in [0.25, 0.3) is 5.91 Å². The molecule has 1 atom stereocenters. The maximum absolute atomic E-state index is 11.7. The van der Waals surface area contributed by atoms with Crippen molar-refractivity contribution >= 4 is 11.7 Å². The van der Waals surface area contributed by atoms with Crippen LogP contribution in [0.15, 0.2) is 12.1 Å². The summed E-state index contributed by atoms with van der Waals surface area (Å²) < 4.78 is 0. The van der Waals surface area contributed by atoms with E-state index >= 15 is 0 Å². The molecular formula is C14H25N5O. The Morgan fingerprint density at radius 3 is 2.60 bits per heavy atom. The summed E-state index contributed by atoms with van der Waals surface area (Å²) in [6.07, 6.45) is 3.30. The van der Waals surface area contributed by atoms with Crippen molar-refractivity contribution in [2.45, 2.75) is 26.2 Å². The monoisotopic (exact) mass is 279 g/mol. The summed E-state index contributed by atoms with van der Waals surface area (Å²) in [5, 5.41) is 11.2. The van der Waals surface area contributed by atoms with Gasteiger partial charge in [-0.2, -0.15) is 0 Å². The molecule has 0 saturated carbocycles. The van der Waals surface area contributed by atoms with Gasteiger partial charge in [-0.25, -0.2) is 0 Å². The maximum Gasteiger partial charge on any atom is 0.273 e. The van der Waals surface area contributed by atoms with Gasteiger partial charge in [0.1, 0.15) is 5.82 Å². The molecule has 3 N–H and O–H groups in total. The van der Waals surface area contributed by atoms with Gasteiger partial charge in [-0.3, -0.25) is 4.79 Å². The molecule has 1 unspecified atom stereocenters. The molecule has 1 aromatic heterocycles. The van der Waals surface area contributed by atoms with Crippen molar-refractivity contribution in [2.24, 2.45) is 11.7 Å². The number of nitrogens with one attached hydrogen (secondary N) is 1. The summed E-state index contributed by atoms with van der Waals surface area (Å²) in [6.45, 7) is 3.71. The lowest BCUT2D eigenvalue weighted by Gasteiger charge is -2.16. The second-order valence-corrected chi connectivity index (χ2v) is 5.12. The highest BCUT2D eigenvalue weighted by atomic mass is 16.2. The Morgan fingerprint density at radius 2 is 2.10 bits per heavy atom. The zero-order valence-corrected chi connectivity index (χ0v) is 12.6. The average Bonchev–Trinajstić information content (AvgIpc) is 2.45. The molecule has 0 saturated heterocycles. The van der Waals surface area contributed by atoms with Crippen molar-refractivity contribution in [1.29, 1.82) is 0 Å². The third kappa shape index (κ3) is 5.13. The van der Waals surface area contributed by atoms with E-state index in [9.17, 15) is 4.79 Å². The lowest BCUT2D eigenvalue weighted by atomic mass is 10.00. The van der Waals surface area contributed by atoms with Crippen LogP contribution in [0.25, 0.3) is 0 Å². The van der Waals surface area contributed by atoms with Crippen LogP contribution in [0.3, 0.4) is 0 Å². The van der Waals surface area contributed by atoms with Gasteiger partial charge >= 0.3 is 0 Å². The van der Waals surface area contributed by atoms with Crippen LogP contribution in [-0.4, -0.2) is 48.2 Å². The summed E-state index contributed by atoms with van der Waals surface area (Å²) in [6, 6.07) is 3.48. The van der Waals surface area contributed by atoms with E-state index in [4.69, 9.17) is 5.73 Å². The molecular weight excluding hydrogens is 254 g/mol. The van der Waals surface area contributed by atoms with E-state index in [0.29, 0.717) is 24.0 Å². The maximum atomic E-state index is 11.7. The Bertz CT molecular complexity index is 399. The fourth-order valence-electron chi connectivity index (χ4n) is 2.01. The predicted molar refractivity (Wildman–Crippen MR) is 80.6 cm³/mol. The first-order chi connectivity index (χ1) is 9.58. The van der Waals surface area contributed by atoms with Crippen molar-refractivity contribution in [1.82, 2.24) is 15.1 Å². The van der Waals surface area contributed by atoms with Crippen LogP contribution in [0.5, 0.6) is 0 Å². The van der Waals surface area contributed by atoms with Gasteiger partial charge in [0.15, 0.2) is 5.69 Å².